The molecule has 0 saturated carbocycles. The fraction of sp³-hybridized carbons (Fsp3) is 0.438. The van der Waals surface area contributed by atoms with Crippen LogP contribution in [0, 0.1) is 6.92 Å². The average molecular weight is 286 g/mol. The highest BCUT2D eigenvalue weighted by atomic mass is 16.3. The lowest BCUT2D eigenvalue weighted by atomic mass is 10.1. The molecule has 1 aliphatic heterocycles. The Labute approximate surface area is 125 Å². The summed E-state index contributed by atoms with van der Waals surface area (Å²) in [5.41, 5.74) is 9.98. The van der Waals surface area contributed by atoms with Crippen LogP contribution in [0.5, 0.6) is 0 Å². The smallest absolute Gasteiger partial charge is 0.0995 e. The Kier molecular flexibility index (Phi) is 3.94. The molecule has 1 saturated heterocycles. The van der Waals surface area contributed by atoms with Crippen molar-refractivity contribution in [1.82, 2.24) is 14.5 Å². The van der Waals surface area contributed by atoms with E-state index in [1.807, 2.05) is 29.8 Å². The number of aryl methyl sites for hydroxylation is 1. The van der Waals surface area contributed by atoms with Gasteiger partial charge in [0.1, 0.15) is 0 Å². The first-order chi connectivity index (χ1) is 10.1. The van der Waals surface area contributed by atoms with Crippen molar-refractivity contribution in [3.05, 3.63) is 42.0 Å². The number of aliphatic hydroxyl groups is 1. The summed E-state index contributed by atoms with van der Waals surface area (Å²) in [6.45, 7) is 4.57. The SMILES string of the molecule is Cc1cn(-c2cc(N)cc(CN3CCC[C@H](O)C3)c2)cn1. The van der Waals surface area contributed by atoms with Crippen molar-refractivity contribution in [3.63, 3.8) is 0 Å². The molecule has 1 aliphatic rings. The zero-order valence-corrected chi connectivity index (χ0v) is 12.4. The maximum Gasteiger partial charge on any atom is 0.0995 e. The van der Waals surface area contributed by atoms with Crippen molar-refractivity contribution in [2.75, 3.05) is 18.8 Å². The van der Waals surface area contributed by atoms with Gasteiger partial charge in [-0.05, 0) is 50.1 Å². The van der Waals surface area contributed by atoms with Crippen LogP contribution in [0.3, 0.4) is 0 Å². The van der Waals surface area contributed by atoms with Gasteiger partial charge in [0.05, 0.1) is 18.1 Å². The van der Waals surface area contributed by atoms with Crippen LogP contribution in [-0.2, 0) is 6.54 Å². The Morgan fingerprint density at radius 3 is 2.95 bits per heavy atom. The van der Waals surface area contributed by atoms with Gasteiger partial charge in [-0.25, -0.2) is 4.98 Å². The molecule has 2 heterocycles. The molecule has 3 rings (SSSR count). The van der Waals surface area contributed by atoms with Crippen molar-refractivity contribution in [1.29, 1.82) is 0 Å². The largest absolute Gasteiger partial charge is 0.399 e. The van der Waals surface area contributed by atoms with Crippen LogP contribution in [0.2, 0.25) is 0 Å². The van der Waals surface area contributed by atoms with Crippen LogP contribution >= 0.6 is 0 Å². The summed E-state index contributed by atoms with van der Waals surface area (Å²) in [5.74, 6) is 0. The van der Waals surface area contributed by atoms with Gasteiger partial charge >= 0.3 is 0 Å². The first-order valence-corrected chi connectivity index (χ1v) is 7.41. The number of nitrogens with two attached hydrogens (primary N) is 1. The first-order valence-electron chi connectivity index (χ1n) is 7.41. The van der Waals surface area contributed by atoms with Crippen LogP contribution in [0.4, 0.5) is 5.69 Å². The van der Waals surface area contributed by atoms with E-state index in [1.54, 1.807) is 6.33 Å². The fourth-order valence-electron chi connectivity index (χ4n) is 2.94. The van der Waals surface area contributed by atoms with Gasteiger partial charge in [0.15, 0.2) is 0 Å². The van der Waals surface area contributed by atoms with Gasteiger partial charge in [-0.2, -0.15) is 0 Å². The lowest BCUT2D eigenvalue weighted by Gasteiger charge is -2.30. The number of likely N-dealkylation sites (tertiary alicyclic amines) is 1. The molecular formula is C16H22N4O. The number of benzene rings is 1. The molecule has 21 heavy (non-hydrogen) atoms. The van der Waals surface area contributed by atoms with E-state index in [0.29, 0.717) is 0 Å². The third kappa shape index (κ3) is 3.43. The number of aliphatic hydroxyl groups excluding tert-OH is 1. The summed E-state index contributed by atoms with van der Waals surface area (Å²) in [4.78, 5) is 6.54. The highest BCUT2D eigenvalue weighted by Gasteiger charge is 2.17. The average Bonchev–Trinajstić information content (AvgIpc) is 2.85. The molecule has 1 atom stereocenters. The molecule has 0 unspecified atom stereocenters. The van der Waals surface area contributed by atoms with E-state index in [2.05, 4.69) is 16.0 Å². The molecule has 0 aliphatic carbocycles. The van der Waals surface area contributed by atoms with Gasteiger partial charge in [-0.15, -0.1) is 0 Å². The highest BCUT2D eigenvalue weighted by Crippen LogP contribution is 2.20. The molecule has 0 bridgehead atoms. The van der Waals surface area contributed by atoms with Gasteiger partial charge in [0.25, 0.3) is 0 Å². The summed E-state index contributed by atoms with van der Waals surface area (Å²) in [6, 6.07) is 6.10. The number of piperidine rings is 1. The summed E-state index contributed by atoms with van der Waals surface area (Å²) in [5, 5.41) is 9.77. The molecule has 3 N–H and O–H groups in total. The quantitative estimate of drug-likeness (QED) is 0.843. The van der Waals surface area contributed by atoms with Gasteiger partial charge < -0.3 is 15.4 Å². The molecule has 0 spiro atoms. The monoisotopic (exact) mass is 286 g/mol. The molecule has 1 aromatic heterocycles. The number of aromatic nitrogens is 2. The Balaban J connectivity index is 1.81. The molecule has 0 amide bonds. The zero-order chi connectivity index (χ0) is 14.8. The number of hydrogen-bond acceptors (Lipinski definition) is 4. The molecule has 5 heteroatoms. The minimum Gasteiger partial charge on any atom is -0.399 e. The predicted molar refractivity (Wildman–Crippen MR) is 83.2 cm³/mol. The second-order valence-corrected chi connectivity index (χ2v) is 5.89. The van der Waals surface area contributed by atoms with E-state index in [9.17, 15) is 5.11 Å². The zero-order valence-electron chi connectivity index (χ0n) is 12.4. The van der Waals surface area contributed by atoms with E-state index in [-0.39, 0.29) is 6.10 Å². The third-order valence-electron chi connectivity index (χ3n) is 3.90. The van der Waals surface area contributed by atoms with E-state index < -0.39 is 0 Å². The summed E-state index contributed by atoms with van der Waals surface area (Å²) >= 11 is 0. The predicted octanol–water partition coefficient (Wildman–Crippen LogP) is 1.72. The van der Waals surface area contributed by atoms with Crippen LogP contribution in [0.15, 0.2) is 30.7 Å². The number of nitrogens with zero attached hydrogens (tertiary/aromatic N) is 3. The standard InChI is InChI=1S/C16H22N4O/c1-12-8-20(11-18-12)15-6-13(5-14(17)7-15)9-19-4-2-3-16(21)10-19/h5-8,11,16,21H,2-4,9-10,17H2,1H3/t16-/m0/s1. The first kappa shape index (κ1) is 14.1. The number of imidazole rings is 1. The van der Waals surface area contributed by atoms with E-state index in [0.717, 1.165) is 49.5 Å². The molecule has 5 nitrogen and oxygen atoms in total. The number of β-amino-alcohol motifs (C(OH)–C–C–N with tert-alkyl or cyclic N) is 1. The van der Waals surface area contributed by atoms with Gasteiger partial charge in [-0.1, -0.05) is 0 Å². The molecule has 2 aromatic rings. The van der Waals surface area contributed by atoms with Gasteiger partial charge in [0, 0.05) is 30.7 Å². The van der Waals surface area contributed by atoms with Gasteiger partial charge in [0.2, 0.25) is 0 Å². The second kappa shape index (κ2) is 5.87. The minimum atomic E-state index is -0.199. The Morgan fingerprint density at radius 1 is 1.38 bits per heavy atom. The Hall–Kier alpha value is -1.85. The van der Waals surface area contributed by atoms with Crippen LogP contribution < -0.4 is 5.73 Å². The van der Waals surface area contributed by atoms with Crippen molar-refractivity contribution in [2.45, 2.75) is 32.4 Å². The van der Waals surface area contributed by atoms with Crippen LogP contribution in [0.1, 0.15) is 24.1 Å². The van der Waals surface area contributed by atoms with E-state index in [4.69, 9.17) is 5.73 Å². The fourth-order valence-corrected chi connectivity index (χ4v) is 2.94. The Bertz CT molecular complexity index is 622. The summed E-state index contributed by atoms with van der Waals surface area (Å²) < 4.78 is 1.99. The second-order valence-electron chi connectivity index (χ2n) is 5.89. The van der Waals surface area contributed by atoms with Gasteiger partial charge in [-0.3, -0.25) is 4.90 Å². The van der Waals surface area contributed by atoms with Crippen LogP contribution in [0.25, 0.3) is 5.69 Å². The van der Waals surface area contributed by atoms with Crippen molar-refractivity contribution >= 4 is 5.69 Å². The lowest BCUT2D eigenvalue weighted by Crippen LogP contribution is -2.37. The molecular weight excluding hydrogens is 264 g/mol. The Morgan fingerprint density at radius 2 is 2.24 bits per heavy atom. The molecule has 112 valence electrons. The van der Waals surface area contributed by atoms with Crippen molar-refractivity contribution in [3.8, 4) is 5.69 Å². The molecule has 0 radical (unpaired) electrons. The van der Waals surface area contributed by atoms with Crippen molar-refractivity contribution in [2.24, 2.45) is 0 Å². The number of rotatable bonds is 3. The normalized spacial score (nSPS) is 19.8. The van der Waals surface area contributed by atoms with E-state index >= 15 is 0 Å². The number of hydrogen-bond donors (Lipinski definition) is 2. The summed E-state index contributed by atoms with van der Waals surface area (Å²) in [7, 11) is 0. The van der Waals surface area contributed by atoms with Crippen molar-refractivity contribution < 1.29 is 5.11 Å². The number of nitrogen functional groups attached to an aromatic ring is 1. The highest BCUT2D eigenvalue weighted by molar-refractivity contribution is 5.51. The molecule has 1 aromatic carbocycles. The topological polar surface area (TPSA) is 67.3 Å². The maximum absolute atomic E-state index is 9.77. The number of anilines is 1. The molecule has 1 fully saturated rings. The van der Waals surface area contributed by atoms with E-state index in [1.165, 1.54) is 5.56 Å². The maximum atomic E-state index is 9.77. The lowest BCUT2D eigenvalue weighted by molar-refractivity contribution is 0.0668. The minimum absolute atomic E-state index is 0.199. The van der Waals surface area contributed by atoms with Crippen LogP contribution in [-0.4, -0.2) is 38.8 Å². The summed E-state index contributed by atoms with van der Waals surface area (Å²) in [6.07, 6.45) is 5.56. The third-order valence-corrected chi connectivity index (χ3v) is 3.90.